The van der Waals surface area contributed by atoms with E-state index < -0.39 is 15.1 Å². The lowest BCUT2D eigenvalue weighted by atomic mass is 9.99. The summed E-state index contributed by atoms with van der Waals surface area (Å²) in [6, 6.07) is 5.15. The average molecular weight is 347 g/mol. The highest BCUT2D eigenvalue weighted by atomic mass is 79.9. The standard InChI is InChI=1S/C13H15BrO4S/c1-9(4-5-15)10-2-3-13(12(14)6-10)19(16,17)11-7-18-8-11/h2-3,5-6,9,11H,4,7-8H2,1H3. The second-order valence-electron chi connectivity index (χ2n) is 4.70. The molecule has 1 aromatic carbocycles. The third kappa shape index (κ3) is 2.90. The number of carbonyl (C=O) groups is 1. The first-order valence-corrected chi connectivity index (χ1v) is 8.35. The molecule has 0 N–H and O–H groups in total. The molecule has 0 amide bonds. The molecule has 19 heavy (non-hydrogen) atoms. The maximum atomic E-state index is 12.3. The van der Waals surface area contributed by atoms with E-state index in [1.54, 1.807) is 18.2 Å². The average Bonchev–Trinajstić information content (AvgIpc) is 2.25. The van der Waals surface area contributed by atoms with Crippen molar-refractivity contribution in [2.75, 3.05) is 13.2 Å². The maximum Gasteiger partial charge on any atom is 0.186 e. The molecule has 0 bridgehead atoms. The number of sulfone groups is 1. The fourth-order valence-electron chi connectivity index (χ4n) is 1.91. The van der Waals surface area contributed by atoms with Crippen LogP contribution in [0.1, 0.15) is 24.8 Å². The first kappa shape index (κ1) is 14.7. The van der Waals surface area contributed by atoms with Gasteiger partial charge in [-0.2, -0.15) is 0 Å². The summed E-state index contributed by atoms with van der Waals surface area (Å²) in [6.07, 6.45) is 1.30. The van der Waals surface area contributed by atoms with Gasteiger partial charge in [0, 0.05) is 10.9 Å². The third-order valence-electron chi connectivity index (χ3n) is 3.33. The number of hydrogen-bond donors (Lipinski definition) is 0. The number of halogens is 1. The molecule has 1 atom stereocenters. The topological polar surface area (TPSA) is 60.4 Å². The van der Waals surface area contributed by atoms with Gasteiger partial charge in [-0.3, -0.25) is 0 Å². The van der Waals surface area contributed by atoms with Crippen molar-refractivity contribution in [2.24, 2.45) is 0 Å². The summed E-state index contributed by atoms with van der Waals surface area (Å²) in [5.41, 5.74) is 0.947. The molecule has 0 aliphatic carbocycles. The molecule has 6 heteroatoms. The van der Waals surface area contributed by atoms with Crippen LogP contribution in [0, 0.1) is 0 Å². The third-order valence-corrected chi connectivity index (χ3v) is 6.37. The van der Waals surface area contributed by atoms with Crippen LogP contribution in [0.4, 0.5) is 0 Å². The Kier molecular flexibility index (Phi) is 4.43. The molecule has 1 aromatic rings. The Morgan fingerprint density at radius 3 is 2.63 bits per heavy atom. The van der Waals surface area contributed by atoms with Crippen molar-refractivity contribution >= 4 is 32.1 Å². The van der Waals surface area contributed by atoms with E-state index in [0.29, 0.717) is 15.8 Å². The predicted molar refractivity (Wildman–Crippen MR) is 75.0 cm³/mol. The number of ether oxygens (including phenoxy) is 1. The fourth-order valence-corrected chi connectivity index (χ4v) is 4.48. The highest BCUT2D eigenvalue weighted by molar-refractivity contribution is 9.10. The van der Waals surface area contributed by atoms with Crippen LogP contribution in [0.2, 0.25) is 0 Å². The molecule has 1 heterocycles. The van der Waals surface area contributed by atoms with Crippen LogP contribution in [-0.4, -0.2) is 33.2 Å². The van der Waals surface area contributed by atoms with Gasteiger partial charge in [-0.15, -0.1) is 0 Å². The minimum atomic E-state index is -3.33. The van der Waals surface area contributed by atoms with E-state index in [1.807, 2.05) is 6.92 Å². The molecular weight excluding hydrogens is 332 g/mol. The van der Waals surface area contributed by atoms with E-state index in [0.717, 1.165) is 11.8 Å². The minimum Gasteiger partial charge on any atom is -0.379 e. The van der Waals surface area contributed by atoms with Gasteiger partial charge in [0.05, 0.1) is 18.1 Å². The number of carbonyl (C=O) groups excluding carboxylic acids is 1. The Morgan fingerprint density at radius 2 is 2.16 bits per heavy atom. The van der Waals surface area contributed by atoms with E-state index in [1.165, 1.54) is 0 Å². The molecule has 1 fully saturated rings. The van der Waals surface area contributed by atoms with Crippen molar-refractivity contribution in [1.29, 1.82) is 0 Å². The quantitative estimate of drug-likeness (QED) is 0.767. The van der Waals surface area contributed by atoms with Crippen molar-refractivity contribution in [2.45, 2.75) is 29.4 Å². The van der Waals surface area contributed by atoms with Gasteiger partial charge in [-0.1, -0.05) is 13.0 Å². The molecule has 0 aromatic heterocycles. The highest BCUT2D eigenvalue weighted by Gasteiger charge is 2.35. The lowest BCUT2D eigenvalue weighted by molar-refractivity contribution is -0.108. The monoisotopic (exact) mass is 346 g/mol. The van der Waals surface area contributed by atoms with Crippen molar-refractivity contribution in [3.05, 3.63) is 28.2 Å². The Balaban J connectivity index is 2.31. The van der Waals surface area contributed by atoms with E-state index in [4.69, 9.17) is 4.74 Å². The van der Waals surface area contributed by atoms with Gasteiger partial charge < -0.3 is 9.53 Å². The van der Waals surface area contributed by atoms with Crippen molar-refractivity contribution in [1.82, 2.24) is 0 Å². The maximum absolute atomic E-state index is 12.3. The van der Waals surface area contributed by atoms with E-state index in [9.17, 15) is 13.2 Å². The molecule has 1 aliphatic heterocycles. The van der Waals surface area contributed by atoms with Gasteiger partial charge in [0.2, 0.25) is 0 Å². The molecule has 1 saturated heterocycles. The summed E-state index contributed by atoms with van der Waals surface area (Å²) in [6.45, 7) is 2.46. The Morgan fingerprint density at radius 1 is 1.47 bits per heavy atom. The van der Waals surface area contributed by atoms with E-state index >= 15 is 0 Å². The van der Waals surface area contributed by atoms with E-state index in [-0.39, 0.29) is 19.1 Å². The number of rotatable bonds is 5. The van der Waals surface area contributed by atoms with Gasteiger partial charge >= 0.3 is 0 Å². The van der Waals surface area contributed by atoms with Gasteiger partial charge in [-0.25, -0.2) is 8.42 Å². The highest BCUT2D eigenvalue weighted by Crippen LogP contribution is 2.31. The largest absolute Gasteiger partial charge is 0.379 e. The molecular formula is C13H15BrO4S. The summed E-state index contributed by atoms with van der Waals surface area (Å²) in [5.74, 6) is 0.0811. The molecule has 4 nitrogen and oxygen atoms in total. The minimum absolute atomic E-state index is 0.0811. The van der Waals surface area contributed by atoms with Gasteiger partial charge in [0.1, 0.15) is 11.5 Å². The smallest absolute Gasteiger partial charge is 0.186 e. The van der Waals surface area contributed by atoms with Crippen LogP contribution in [0.5, 0.6) is 0 Å². The van der Waals surface area contributed by atoms with Crippen molar-refractivity contribution in [3.63, 3.8) is 0 Å². The van der Waals surface area contributed by atoms with Crippen LogP contribution >= 0.6 is 15.9 Å². The molecule has 1 unspecified atom stereocenters. The summed E-state index contributed by atoms with van der Waals surface area (Å²) in [5, 5.41) is -0.443. The van der Waals surface area contributed by atoms with Crippen molar-refractivity contribution < 1.29 is 17.9 Å². The molecule has 0 radical (unpaired) electrons. The van der Waals surface area contributed by atoms with Crippen LogP contribution < -0.4 is 0 Å². The first-order chi connectivity index (χ1) is 8.96. The van der Waals surface area contributed by atoms with Crippen molar-refractivity contribution in [3.8, 4) is 0 Å². The van der Waals surface area contributed by atoms with Crippen LogP contribution in [0.3, 0.4) is 0 Å². The Bertz CT molecular complexity index is 578. The fraction of sp³-hybridized carbons (Fsp3) is 0.462. The van der Waals surface area contributed by atoms with E-state index in [2.05, 4.69) is 15.9 Å². The van der Waals surface area contributed by atoms with Crippen LogP contribution in [0.25, 0.3) is 0 Å². The lowest BCUT2D eigenvalue weighted by Crippen LogP contribution is -2.40. The van der Waals surface area contributed by atoms with Crippen LogP contribution in [-0.2, 0) is 19.4 Å². The lowest BCUT2D eigenvalue weighted by Gasteiger charge is -2.26. The number of benzene rings is 1. The molecule has 0 spiro atoms. The van der Waals surface area contributed by atoms with Crippen LogP contribution in [0.15, 0.2) is 27.6 Å². The second-order valence-corrected chi connectivity index (χ2v) is 7.75. The zero-order valence-corrected chi connectivity index (χ0v) is 12.9. The number of aldehydes is 1. The van der Waals surface area contributed by atoms with Gasteiger partial charge in [-0.05, 0) is 39.5 Å². The molecule has 104 valence electrons. The SMILES string of the molecule is CC(CC=O)c1ccc(S(=O)(=O)C2COC2)c(Br)c1. The summed E-state index contributed by atoms with van der Waals surface area (Å²) in [4.78, 5) is 10.8. The predicted octanol–water partition coefficient (Wildman–Crippen LogP) is 2.31. The Labute approximate surface area is 121 Å². The summed E-state index contributed by atoms with van der Waals surface area (Å²) in [7, 11) is -3.33. The summed E-state index contributed by atoms with van der Waals surface area (Å²) < 4.78 is 30.0. The number of hydrogen-bond acceptors (Lipinski definition) is 4. The van der Waals surface area contributed by atoms with Gasteiger partial charge in [0.25, 0.3) is 0 Å². The molecule has 1 aliphatic rings. The normalized spacial score (nSPS) is 17.8. The summed E-state index contributed by atoms with van der Waals surface area (Å²) >= 11 is 3.32. The second kappa shape index (κ2) is 5.73. The zero-order chi connectivity index (χ0) is 14.0. The zero-order valence-electron chi connectivity index (χ0n) is 10.5. The Hall–Kier alpha value is -0.720. The molecule has 0 saturated carbocycles. The molecule has 2 rings (SSSR count). The van der Waals surface area contributed by atoms with Gasteiger partial charge in [0.15, 0.2) is 9.84 Å². The first-order valence-electron chi connectivity index (χ1n) is 6.01.